The number of fused-ring (bicyclic) bond motifs is 2. The minimum absolute atomic E-state index is 0.357. The van der Waals surface area contributed by atoms with E-state index in [4.69, 9.17) is 16.7 Å². The van der Waals surface area contributed by atoms with Crippen LogP contribution in [0.5, 0.6) is 0 Å². The Hall–Kier alpha value is -1.06. The third-order valence-corrected chi connectivity index (χ3v) is 5.08. The zero-order chi connectivity index (χ0) is 13.0. The zero-order valence-electron chi connectivity index (χ0n) is 11.1. The standard InChI is InChI=1S/C15H18ClN3/c1-18-14(11-2-4-12(16)5-3-11)15-13(17-18)10-6-8-19(15)9-7-10/h2-5,10,14-15H,6-9H2,1H3. The number of piperidine rings is 3. The summed E-state index contributed by atoms with van der Waals surface area (Å²) in [5.41, 5.74) is 2.74. The fourth-order valence-corrected chi connectivity index (χ4v) is 4.04. The molecule has 2 atom stereocenters. The Kier molecular flexibility index (Phi) is 2.61. The lowest BCUT2D eigenvalue weighted by Gasteiger charge is -2.46. The van der Waals surface area contributed by atoms with Crippen LogP contribution in [0.3, 0.4) is 0 Å². The summed E-state index contributed by atoms with van der Waals surface area (Å²) < 4.78 is 0. The number of likely N-dealkylation sites (N-methyl/N-ethyl adjacent to an activating group) is 1. The van der Waals surface area contributed by atoms with Crippen LogP contribution in [0.4, 0.5) is 0 Å². The van der Waals surface area contributed by atoms with Gasteiger partial charge >= 0.3 is 0 Å². The smallest absolute Gasteiger partial charge is 0.0926 e. The van der Waals surface area contributed by atoms with Gasteiger partial charge in [0.15, 0.2) is 0 Å². The van der Waals surface area contributed by atoms with Gasteiger partial charge in [-0.15, -0.1) is 0 Å². The van der Waals surface area contributed by atoms with Crippen LogP contribution in [0, 0.1) is 5.92 Å². The predicted molar refractivity (Wildman–Crippen MR) is 77.5 cm³/mol. The predicted octanol–water partition coefficient (Wildman–Crippen LogP) is 2.78. The molecule has 0 radical (unpaired) electrons. The third-order valence-electron chi connectivity index (χ3n) is 4.83. The van der Waals surface area contributed by atoms with E-state index in [0.717, 1.165) is 10.9 Å². The van der Waals surface area contributed by atoms with Gasteiger partial charge in [-0.25, -0.2) is 0 Å². The Morgan fingerprint density at radius 2 is 1.79 bits per heavy atom. The molecule has 0 spiro atoms. The Labute approximate surface area is 118 Å². The first-order valence-corrected chi connectivity index (χ1v) is 7.42. The van der Waals surface area contributed by atoms with Crippen molar-refractivity contribution in [2.75, 3.05) is 20.1 Å². The summed E-state index contributed by atoms with van der Waals surface area (Å²) in [7, 11) is 2.10. The van der Waals surface area contributed by atoms with Gasteiger partial charge in [0.25, 0.3) is 0 Å². The minimum Gasteiger partial charge on any atom is -0.293 e. The molecule has 3 saturated heterocycles. The van der Waals surface area contributed by atoms with Crippen LogP contribution in [-0.4, -0.2) is 41.8 Å². The number of halogens is 1. The van der Waals surface area contributed by atoms with Gasteiger partial charge in [-0.2, -0.15) is 5.10 Å². The first-order chi connectivity index (χ1) is 9.24. The van der Waals surface area contributed by atoms with Crippen molar-refractivity contribution in [3.63, 3.8) is 0 Å². The van der Waals surface area contributed by atoms with Crippen LogP contribution in [0.25, 0.3) is 0 Å². The number of rotatable bonds is 1. The number of hydrazone groups is 1. The van der Waals surface area contributed by atoms with E-state index in [-0.39, 0.29) is 0 Å². The Balaban J connectivity index is 1.72. The maximum atomic E-state index is 6.00. The van der Waals surface area contributed by atoms with E-state index in [1.54, 1.807) is 0 Å². The van der Waals surface area contributed by atoms with Crippen molar-refractivity contribution >= 4 is 17.3 Å². The van der Waals surface area contributed by atoms with Gasteiger partial charge in [-0.3, -0.25) is 9.91 Å². The molecule has 19 heavy (non-hydrogen) atoms. The van der Waals surface area contributed by atoms with Crippen LogP contribution in [-0.2, 0) is 0 Å². The molecule has 3 nitrogen and oxygen atoms in total. The van der Waals surface area contributed by atoms with Gasteiger partial charge in [0, 0.05) is 18.0 Å². The van der Waals surface area contributed by atoms with Crippen LogP contribution >= 0.6 is 11.6 Å². The lowest BCUT2D eigenvalue weighted by atomic mass is 9.78. The molecule has 2 bridgehead atoms. The van der Waals surface area contributed by atoms with Gasteiger partial charge < -0.3 is 0 Å². The average molecular weight is 276 g/mol. The summed E-state index contributed by atoms with van der Waals surface area (Å²) in [4.78, 5) is 2.61. The summed E-state index contributed by atoms with van der Waals surface area (Å²) in [6, 6.07) is 9.10. The van der Waals surface area contributed by atoms with E-state index >= 15 is 0 Å². The van der Waals surface area contributed by atoms with E-state index in [0.29, 0.717) is 12.1 Å². The maximum absolute atomic E-state index is 6.00. The molecule has 4 heterocycles. The van der Waals surface area contributed by atoms with Gasteiger partial charge in [0.05, 0.1) is 17.8 Å². The normalized spacial score (nSPS) is 36.3. The molecule has 0 aliphatic carbocycles. The Morgan fingerprint density at radius 3 is 2.47 bits per heavy atom. The van der Waals surface area contributed by atoms with Crippen molar-refractivity contribution in [2.24, 2.45) is 11.0 Å². The Morgan fingerprint density at radius 1 is 1.11 bits per heavy atom. The van der Waals surface area contributed by atoms with Crippen LogP contribution in [0.1, 0.15) is 24.4 Å². The molecule has 0 aromatic heterocycles. The van der Waals surface area contributed by atoms with Crippen molar-refractivity contribution in [3.05, 3.63) is 34.9 Å². The second kappa shape index (κ2) is 4.22. The molecule has 4 aliphatic heterocycles. The first kappa shape index (κ1) is 11.7. The monoisotopic (exact) mass is 275 g/mol. The summed E-state index contributed by atoms with van der Waals surface area (Å²) in [6.07, 6.45) is 2.58. The molecule has 0 N–H and O–H groups in total. The molecular weight excluding hydrogens is 258 g/mol. The molecule has 4 aliphatic rings. The van der Waals surface area contributed by atoms with Gasteiger partial charge in [0.1, 0.15) is 0 Å². The SMILES string of the molecule is CN1N=C2C3CCN(CC3)C2C1c1ccc(Cl)cc1. The maximum Gasteiger partial charge on any atom is 0.0926 e. The fourth-order valence-electron chi connectivity index (χ4n) is 3.91. The van der Waals surface area contributed by atoms with Gasteiger partial charge in [0.2, 0.25) is 0 Å². The minimum atomic E-state index is 0.357. The van der Waals surface area contributed by atoms with E-state index < -0.39 is 0 Å². The van der Waals surface area contributed by atoms with Crippen LogP contribution in [0.15, 0.2) is 29.4 Å². The van der Waals surface area contributed by atoms with Crippen molar-refractivity contribution in [1.82, 2.24) is 9.91 Å². The van der Waals surface area contributed by atoms with Crippen molar-refractivity contribution in [3.8, 4) is 0 Å². The summed E-state index contributed by atoms with van der Waals surface area (Å²) in [5.74, 6) is 0.717. The van der Waals surface area contributed by atoms with E-state index in [9.17, 15) is 0 Å². The highest BCUT2D eigenvalue weighted by atomic mass is 35.5. The number of nitrogens with zero attached hydrogens (tertiary/aromatic N) is 3. The fraction of sp³-hybridized carbons (Fsp3) is 0.533. The summed E-state index contributed by atoms with van der Waals surface area (Å²) in [5, 5.41) is 7.80. The van der Waals surface area contributed by atoms with Gasteiger partial charge in [-0.05, 0) is 43.6 Å². The van der Waals surface area contributed by atoms with Crippen molar-refractivity contribution in [1.29, 1.82) is 0 Å². The molecule has 0 saturated carbocycles. The highest BCUT2D eigenvalue weighted by Gasteiger charge is 2.48. The molecule has 3 fully saturated rings. The number of benzene rings is 1. The second-order valence-corrected chi connectivity index (χ2v) is 6.29. The largest absolute Gasteiger partial charge is 0.293 e. The van der Waals surface area contributed by atoms with Crippen molar-refractivity contribution in [2.45, 2.75) is 24.9 Å². The molecule has 100 valence electrons. The lowest BCUT2D eigenvalue weighted by molar-refractivity contribution is 0.107. The molecule has 2 unspecified atom stereocenters. The molecule has 5 rings (SSSR count). The van der Waals surface area contributed by atoms with Crippen molar-refractivity contribution < 1.29 is 0 Å². The third kappa shape index (κ3) is 1.72. The topological polar surface area (TPSA) is 18.8 Å². The molecule has 1 aromatic rings. The average Bonchev–Trinajstić information content (AvgIpc) is 2.80. The summed E-state index contributed by atoms with van der Waals surface area (Å²) >= 11 is 6.00. The van der Waals surface area contributed by atoms with Crippen LogP contribution in [0.2, 0.25) is 5.02 Å². The highest BCUT2D eigenvalue weighted by Crippen LogP contribution is 2.42. The van der Waals surface area contributed by atoms with Crippen LogP contribution < -0.4 is 0 Å². The van der Waals surface area contributed by atoms with E-state index in [1.165, 1.54) is 37.2 Å². The molecule has 0 amide bonds. The molecule has 1 aromatic carbocycles. The molecule has 4 heteroatoms. The second-order valence-electron chi connectivity index (χ2n) is 5.85. The Bertz CT molecular complexity index is 517. The quantitative estimate of drug-likeness (QED) is 0.785. The lowest BCUT2D eigenvalue weighted by Crippen LogP contribution is -2.56. The highest BCUT2D eigenvalue weighted by molar-refractivity contribution is 6.30. The first-order valence-electron chi connectivity index (χ1n) is 7.05. The van der Waals surface area contributed by atoms with E-state index in [2.05, 4.69) is 29.1 Å². The molecular formula is C15H18ClN3. The summed E-state index contributed by atoms with van der Waals surface area (Å²) in [6.45, 7) is 2.46. The number of hydrogen-bond donors (Lipinski definition) is 0. The van der Waals surface area contributed by atoms with Gasteiger partial charge in [-0.1, -0.05) is 23.7 Å². The zero-order valence-corrected chi connectivity index (χ0v) is 11.8. The number of hydrogen-bond acceptors (Lipinski definition) is 3. The van der Waals surface area contributed by atoms with E-state index in [1.807, 2.05) is 12.1 Å².